The molecule has 0 spiro atoms. The molecule has 1 heterocycles. The van der Waals surface area contributed by atoms with Crippen molar-refractivity contribution < 1.29 is 14.7 Å². The van der Waals surface area contributed by atoms with Gasteiger partial charge in [0.15, 0.2) is 0 Å². The van der Waals surface area contributed by atoms with Crippen molar-refractivity contribution in [1.29, 1.82) is 0 Å². The monoisotopic (exact) mass is 266 g/mol. The first-order chi connectivity index (χ1) is 8.92. The molecule has 0 fully saturated rings. The quantitative estimate of drug-likeness (QED) is 0.705. The van der Waals surface area contributed by atoms with E-state index in [9.17, 15) is 9.59 Å². The molecule has 0 aromatic carbocycles. The number of aliphatic carboxylic acids is 1. The number of carbonyl (C=O) groups is 2. The molecule has 0 aliphatic rings. The molecule has 1 aromatic heterocycles. The molecular formula is C12H18N4O3. The van der Waals surface area contributed by atoms with E-state index in [1.165, 1.54) is 6.33 Å². The predicted octanol–water partition coefficient (Wildman–Crippen LogP) is 0.777. The summed E-state index contributed by atoms with van der Waals surface area (Å²) >= 11 is 0. The van der Waals surface area contributed by atoms with E-state index in [0.29, 0.717) is 25.2 Å². The minimum Gasteiger partial charge on any atom is -0.481 e. The number of carboxylic acids is 1. The van der Waals surface area contributed by atoms with Crippen LogP contribution < -0.4 is 10.6 Å². The molecule has 104 valence electrons. The van der Waals surface area contributed by atoms with E-state index in [4.69, 9.17) is 5.11 Å². The maximum atomic E-state index is 11.5. The summed E-state index contributed by atoms with van der Waals surface area (Å²) in [6.07, 6.45) is 3.37. The standard InChI is InChI=1S/C12H18N4O3/c1-12(2,10(17)18)4-6-14-11(19)15-7-9-3-5-13-8-16-9/h3,5,8H,4,6-7H2,1-2H3,(H,17,18)(H2,14,15,19). The lowest BCUT2D eigenvalue weighted by molar-refractivity contribution is -0.147. The maximum Gasteiger partial charge on any atom is 0.315 e. The molecule has 0 saturated heterocycles. The number of hydrogen-bond donors (Lipinski definition) is 3. The largest absolute Gasteiger partial charge is 0.481 e. The summed E-state index contributed by atoms with van der Waals surface area (Å²) in [5.41, 5.74) is -0.143. The average molecular weight is 266 g/mol. The second kappa shape index (κ2) is 6.67. The lowest BCUT2D eigenvalue weighted by Gasteiger charge is -2.18. The topological polar surface area (TPSA) is 104 Å². The van der Waals surface area contributed by atoms with Gasteiger partial charge in [0, 0.05) is 12.7 Å². The molecule has 0 aliphatic heterocycles. The van der Waals surface area contributed by atoms with Crippen molar-refractivity contribution in [2.24, 2.45) is 5.41 Å². The van der Waals surface area contributed by atoms with Crippen molar-refractivity contribution in [3.8, 4) is 0 Å². The Bertz CT molecular complexity index is 434. The average Bonchev–Trinajstić information content (AvgIpc) is 2.37. The fraction of sp³-hybridized carbons (Fsp3) is 0.500. The van der Waals surface area contributed by atoms with Gasteiger partial charge in [-0.2, -0.15) is 0 Å². The van der Waals surface area contributed by atoms with E-state index in [1.54, 1.807) is 26.1 Å². The summed E-state index contributed by atoms with van der Waals surface area (Å²) < 4.78 is 0. The molecular weight excluding hydrogens is 248 g/mol. The normalized spacial score (nSPS) is 10.8. The van der Waals surface area contributed by atoms with Gasteiger partial charge in [-0.25, -0.2) is 14.8 Å². The highest BCUT2D eigenvalue weighted by Gasteiger charge is 2.26. The Hall–Kier alpha value is -2.18. The highest BCUT2D eigenvalue weighted by molar-refractivity contribution is 5.75. The highest BCUT2D eigenvalue weighted by atomic mass is 16.4. The SMILES string of the molecule is CC(C)(CCNC(=O)NCc1ccncn1)C(=O)O. The van der Waals surface area contributed by atoms with E-state index in [0.717, 1.165) is 0 Å². The summed E-state index contributed by atoms with van der Waals surface area (Å²) in [4.78, 5) is 30.1. The number of rotatable bonds is 6. The van der Waals surface area contributed by atoms with Crippen molar-refractivity contribution in [2.45, 2.75) is 26.8 Å². The Morgan fingerprint density at radius 1 is 1.37 bits per heavy atom. The third-order valence-electron chi connectivity index (χ3n) is 2.69. The van der Waals surface area contributed by atoms with Gasteiger partial charge in [-0.3, -0.25) is 4.79 Å². The van der Waals surface area contributed by atoms with Crippen LogP contribution in [-0.4, -0.2) is 33.6 Å². The molecule has 0 bridgehead atoms. The molecule has 3 N–H and O–H groups in total. The summed E-state index contributed by atoms with van der Waals surface area (Å²) in [7, 11) is 0. The first-order valence-electron chi connectivity index (χ1n) is 5.92. The van der Waals surface area contributed by atoms with E-state index in [-0.39, 0.29) is 6.03 Å². The van der Waals surface area contributed by atoms with E-state index in [2.05, 4.69) is 20.6 Å². The van der Waals surface area contributed by atoms with Gasteiger partial charge in [0.2, 0.25) is 0 Å². The summed E-state index contributed by atoms with van der Waals surface area (Å²) in [5.74, 6) is -0.879. The zero-order valence-electron chi connectivity index (χ0n) is 11.0. The molecule has 0 radical (unpaired) electrons. The number of amides is 2. The molecule has 7 nitrogen and oxygen atoms in total. The molecule has 0 aliphatic carbocycles. The van der Waals surface area contributed by atoms with Crippen LogP contribution in [0.4, 0.5) is 4.79 Å². The molecule has 1 rings (SSSR count). The van der Waals surface area contributed by atoms with Crippen LogP contribution in [0.25, 0.3) is 0 Å². The lowest BCUT2D eigenvalue weighted by Crippen LogP contribution is -2.38. The molecule has 7 heteroatoms. The van der Waals surface area contributed by atoms with Gasteiger partial charge in [0.05, 0.1) is 17.7 Å². The molecule has 1 aromatic rings. The van der Waals surface area contributed by atoms with Crippen molar-refractivity contribution in [3.05, 3.63) is 24.3 Å². The van der Waals surface area contributed by atoms with Crippen LogP contribution in [0.15, 0.2) is 18.6 Å². The van der Waals surface area contributed by atoms with Crippen molar-refractivity contribution in [2.75, 3.05) is 6.54 Å². The van der Waals surface area contributed by atoms with Gasteiger partial charge in [-0.1, -0.05) is 0 Å². The van der Waals surface area contributed by atoms with Gasteiger partial charge in [-0.05, 0) is 26.3 Å². The fourth-order valence-electron chi connectivity index (χ4n) is 1.25. The highest BCUT2D eigenvalue weighted by Crippen LogP contribution is 2.19. The molecule has 0 unspecified atom stereocenters. The third-order valence-corrected chi connectivity index (χ3v) is 2.69. The van der Waals surface area contributed by atoms with Crippen LogP contribution in [0.1, 0.15) is 26.0 Å². The van der Waals surface area contributed by atoms with Crippen molar-refractivity contribution in [1.82, 2.24) is 20.6 Å². The van der Waals surface area contributed by atoms with Crippen LogP contribution in [0.2, 0.25) is 0 Å². The first-order valence-corrected chi connectivity index (χ1v) is 5.92. The number of carboxylic acid groups (broad SMARTS) is 1. The number of carbonyl (C=O) groups excluding carboxylic acids is 1. The third kappa shape index (κ3) is 5.33. The van der Waals surface area contributed by atoms with Gasteiger partial charge in [-0.15, -0.1) is 0 Å². The maximum absolute atomic E-state index is 11.5. The second-order valence-electron chi connectivity index (χ2n) is 4.75. The molecule has 2 amide bonds. The Kier molecular flexibility index (Phi) is 5.23. The smallest absolute Gasteiger partial charge is 0.315 e. The zero-order chi connectivity index (χ0) is 14.3. The van der Waals surface area contributed by atoms with Gasteiger partial charge in [0.25, 0.3) is 0 Å². The number of nitrogens with zero attached hydrogens (tertiary/aromatic N) is 2. The van der Waals surface area contributed by atoms with Gasteiger partial charge >= 0.3 is 12.0 Å². The van der Waals surface area contributed by atoms with Crippen molar-refractivity contribution in [3.63, 3.8) is 0 Å². The van der Waals surface area contributed by atoms with Crippen LogP contribution >= 0.6 is 0 Å². The fourth-order valence-corrected chi connectivity index (χ4v) is 1.25. The number of urea groups is 1. The number of nitrogens with one attached hydrogen (secondary N) is 2. The Morgan fingerprint density at radius 2 is 2.11 bits per heavy atom. The number of hydrogen-bond acceptors (Lipinski definition) is 4. The minimum absolute atomic E-state index is 0.301. The van der Waals surface area contributed by atoms with Gasteiger partial charge in [0.1, 0.15) is 6.33 Å². The van der Waals surface area contributed by atoms with Crippen LogP contribution in [0, 0.1) is 5.41 Å². The summed E-state index contributed by atoms with van der Waals surface area (Å²) in [5, 5.41) is 14.1. The van der Waals surface area contributed by atoms with Gasteiger partial charge < -0.3 is 15.7 Å². The Morgan fingerprint density at radius 3 is 2.68 bits per heavy atom. The van der Waals surface area contributed by atoms with Crippen LogP contribution in [0.5, 0.6) is 0 Å². The first kappa shape index (κ1) is 14.9. The lowest BCUT2D eigenvalue weighted by atomic mass is 9.90. The Balaban J connectivity index is 2.24. The van der Waals surface area contributed by atoms with Crippen molar-refractivity contribution >= 4 is 12.0 Å². The van der Waals surface area contributed by atoms with E-state index >= 15 is 0 Å². The molecule has 0 saturated carbocycles. The molecule has 0 atom stereocenters. The van der Waals surface area contributed by atoms with Crippen LogP contribution in [0.3, 0.4) is 0 Å². The summed E-state index contributed by atoms with van der Waals surface area (Å²) in [6.45, 7) is 3.84. The second-order valence-corrected chi connectivity index (χ2v) is 4.75. The molecule has 19 heavy (non-hydrogen) atoms. The summed E-state index contributed by atoms with van der Waals surface area (Å²) in [6, 6.07) is 1.35. The zero-order valence-corrected chi connectivity index (χ0v) is 11.0. The van der Waals surface area contributed by atoms with E-state index in [1.807, 2.05) is 0 Å². The van der Waals surface area contributed by atoms with Crippen LogP contribution in [-0.2, 0) is 11.3 Å². The minimum atomic E-state index is -0.879. The predicted molar refractivity (Wildman–Crippen MR) is 68.3 cm³/mol. The van der Waals surface area contributed by atoms with E-state index < -0.39 is 11.4 Å². The number of aromatic nitrogens is 2. The Labute approximate surface area is 111 Å².